The van der Waals surface area contributed by atoms with Crippen LogP contribution < -0.4 is 9.54 Å². The van der Waals surface area contributed by atoms with Crippen molar-refractivity contribution in [2.45, 2.75) is 31.6 Å². The Labute approximate surface area is 192 Å². The molecule has 1 saturated heterocycles. The van der Waals surface area contributed by atoms with E-state index in [-0.39, 0.29) is 17.3 Å². The molecule has 7 nitrogen and oxygen atoms in total. The van der Waals surface area contributed by atoms with E-state index >= 15 is 0 Å². The fraction of sp³-hybridized carbons (Fsp3) is 0.391. The van der Waals surface area contributed by atoms with Crippen LogP contribution in [0.1, 0.15) is 24.0 Å². The van der Waals surface area contributed by atoms with Gasteiger partial charge in [-0.3, -0.25) is 4.79 Å². The summed E-state index contributed by atoms with van der Waals surface area (Å²) in [5.74, 6) is -0.127. The minimum Gasteiger partial charge on any atom is -0.497 e. The number of carbonyl (C=O) groups is 1. The van der Waals surface area contributed by atoms with Crippen molar-refractivity contribution >= 4 is 37.5 Å². The first-order valence-electron chi connectivity index (χ1n) is 10.5. The summed E-state index contributed by atoms with van der Waals surface area (Å²) < 4.78 is 35.8. The number of methoxy groups -OCH3 is 1. The van der Waals surface area contributed by atoms with Gasteiger partial charge >= 0.3 is 0 Å². The zero-order valence-corrected chi connectivity index (χ0v) is 20.3. The molecule has 0 N–H and O–H groups in total. The highest BCUT2D eigenvalue weighted by Gasteiger charge is 2.33. The largest absolute Gasteiger partial charge is 0.497 e. The number of amides is 1. The van der Waals surface area contributed by atoms with Gasteiger partial charge in [0.15, 0.2) is 4.80 Å². The molecule has 1 unspecified atom stereocenters. The van der Waals surface area contributed by atoms with E-state index < -0.39 is 15.9 Å². The van der Waals surface area contributed by atoms with Crippen molar-refractivity contribution in [3.63, 3.8) is 0 Å². The molecule has 170 valence electrons. The Kier molecular flexibility index (Phi) is 6.24. The number of aryl methyl sites for hydroxylation is 3. The molecule has 2 heterocycles. The second-order valence-corrected chi connectivity index (χ2v) is 11.1. The number of sulfonamides is 1. The van der Waals surface area contributed by atoms with E-state index in [0.717, 1.165) is 21.3 Å². The lowest BCUT2D eigenvalue weighted by molar-refractivity contribution is -0.122. The second kappa shape index (κ2) is 8.80. The highest BCUT2D eigenvalue weighted by Crippen LogP contribution is 2.27. The molecule has 1 fully saturated rings. The first kappa shape index (κ1) is 22.7. The summed E-state index contributed by atoms with van der Waals surface area (Å²) in [5.41, 5.74) is 3.36. The van der Waals surface area contributed by atoms with Crippen LogP contribution in [-0.4, -0.2) is 43.4 Å². The maximum absolute atomic E-state index is 13.1. The quantitative estimate of drug-likeness (QED) is 0.582. The average Bonchev–Trinajstić information content (AvgIpc) is 3.13. The molecule has 4 rings (SSSR count). The first-order chi connectivity index (χ1) is 15.2. The Hall–Kier alpha value is -2.49. The van der Waals surface area contributed by atoms with Gasteiger partial charge in [-0.25, -0.2) is 8.42 Å². The normalized spacial score (nSPS) is 18.2. The summed E-state index contributed by atoms with van der Waals surface area (Å²) in [7, 11) is -0.235. The zero-order chi connectivity index (χ0) is 23.0. The lowest BCUT2D eigenvalue weighted by atomic mass is 9.99. The number of hydrogen-bond donors (Lipinski definition) is 0. The number of nitrogens with zero attached hydrogens (tertiary/aromatic N) is 3. The van der Waals surface area contributed by atoms with Gasteiger partial charge in [-0.15, -0.1) is 0 Å². The molecule has 1 aromatic heterocycles. The maximum atomic E-state index is 13.1. The van der Waals surface area contributed by atoms with E-state index in [4.69, 9.17) is 4.74 Å². The topological polar surface area (TPSA) is 81.0 Å². The molecule has 9 heteroatoms. The third kappa shape index (κ3) is 4.12. The Bertz CT molecular complexity index is 1340. The summed E-state index contributed by atoms with van der Waals surface area (Å²) in [4.78, 5) is 18.3. The predicted octanol–water partition coefficient (Wildman–Crippen LogP) is 3.39. The summed E-state index contributed by atoms with van der Waals surface area (Å²) in [6, 6.07) is 10.5. The SMILES string of the molecule is COc1ccc(S(=O)(=O)N2CCCC(C(=O)N=c3sc4c(C)ccc(C)c4n3C)C2)cc1. The summed E-state index contributed by atoms with van der Waals surface area (Å²) >= 11 is 1.50. The lowest BCUT2D eigenvalue weighted by Gasteiger charge is -2.30. The number of hydrogen-bond acceptors (Lipinski definition) is 5. The number of piperidine rings is 1. The summed E-state index contributed by atoms with van der Waals surface area (Å²) in [5, 5.41) is 0. The smallest absolute Gasteiger partial charge is 0.252 e. The van der Waals surface area contributed by atoms with Crippen LogP contribution in [0.4, 0.5) is 0 Å². The third-order valence-corrected chi connectivity index (χ3v) is 9.13. The van der Waals surface area contributed by atoms with Crippen LogP contribution in [0.2, 0.25) is 0 Å². The van der Waals surface area contributed by atoms with Gasteiger partial charge in [0.2, 0.25) is 10.0 Å². The fourth-order valence-corrected chi connectivity index (χ4v) is 6.81. The van der Waals surface area contributed by atoms with Crippen LogP contribution in [0.3, 0.4) is 0 Å². The van der Waals surface area contributed by atoms with E-state index in [2.05, 4.69) is 17.1 Å². The Balaban J connectivity index is 1.60. The average molecular weight is 474 g/mol. The Morgan fingerprint density at radius 2 is 1.81 bits per heavy atom. The zero-order valence-electron chi connectivity index (χ0n) is 18.7. The minimum atomic E-state index is -3.68. The monoisotopic (exact) mass is 473 g/mol. The fourth-order valence-electron chi connectivity index (χ4n) is 4.11. The Morgan fingerprint density at radius 3 is 2.47 bits per heavy atom. The lowest BCUT2D eigenvalue weighted by Crippen LogP contribution is -2.42. The van der Waals surface area contributed by atoms with Gasteiger partial charge in [0.25, 0.3) is 5.91 Å². The predicted molar refractivity (Wildman–Crippen MR) is 125 cm³/mol. The number of benzene rings is 2. The molecular formula is C23H27N3O4S2. The van der Waals surface area contributed by atoms with Crippen molar-refractivity contribution in [3.05, 3.63) is 52.3 Å². The molecule has 32 heavy (non-hydrogen) atoms. The molecule has 1 aliphatic rings. The van der Waals surface area contributed by atoms with Crippen molar-refractivity contribution in [3.8, 4) is 5.75 Å². The minimum absolute atomic E-state index is 0.142. The van der Waals surface area contributed by atoms with Gasteiger partial charge in [0, 0.05) is 20.1 Å². The number of ether oxygens (including phenoxy) is 1. The van der Waals surface area contributed by atoms with Crippen molar-refractivity contribution in [1.82, 2.24) is 8.87 Å². The van der Waals surface area contributed by atoms with Crippen LogP contribution in [0.15, 0.2) is 46.3 Å². The van der Waals surface area contributed by atoms with E-state index in [0.29, 0.717) is 29.9 Å². The van der Waals surface area contributed by atoms with Crippen LogP contribution >= 0.6 is 11.3 Å². The van der Waals surface area contributed by atoms with Gasteiger partial charge in [-0.05, 0) is 62.1 Å². The molecule has 2 aromatic carbocycles. The summed E-state index contributed by atoms with van der Waals surface area (Å²) in [6.07, 6.45) is 1.25. The van der Waals surface area contributed by atoms with Crippen molar-refractivity contribution in [1.29, 1.82) is 0 Å². The van der Waals surface area contributed by atoms with Crippen molar-refractivity contribution in [2.75, 3.05) is 20.2 Å². The van der Waals surface area contributed by atoms with Crippen molar-refractivity contribution in [2.24, 2.45) is 18.0 Å². The number of thiazole rings is 1. The van der Waals surface area contributed by atoms with Gasteiger partial charge in [-0.2, -0.15) is 9.30 Å². The first-order valence-corrected chi connectivity index (χ1v) is 12.8. The van der Waals surface area contributed by atoms with Gasteiger partial charge in [0.1, 0.15) is 5.75 Å². The highest BCUT2D eigenvalue weighted by atomic mass is 32.2. The van der Waals surface area contributed by atoms with E-state index in [1.807, 2.05) is 25.5 Å². The number of aromatic nitrogens is 1. The molecule has 0 radical (unpaired) electrons. The second-order valence-electron chi connectivity index (χ2n) is 8.15. The van der Waals surface area contributed by atoms with Crippen LogP contribution in [0.5, 0.6) is 5.75 Å². The Morgan fingerprint density at radius 1 is 1.12 bits per heavy atom. The highest BCUT2D eigenvalue weighted by molar-refractivity contribution is 7.89. The van der Waals surface area contributed by atoms with E-state index in [9.17, 15) is 13.2 Å². The van der Waals surface area contributed by atoms with E-state index in [1.165, 1.54) is 34.9 Å². The van der Waals surface area contributed by atoms with Gasteiger partial charge in [0.05, 0.1) is 28.1 Å². The molecule has 0 aliphatic carbocycles. The molecule has 1 aliphatic heterocycles. The third-order valence-electron chi connectivity index (χ3n) is 5.98. The molecule has 1 atom stereocenters. The summed E-state index contributed by atoms with van der Waals surface area (Å²) in [6.45, 7) is 4.63. The number of fused-ring (bicyclic) bond motifs is 1. The maximum Gasteiger partial charge on any atom is 0.252 e. The molecule has 1 amide bonds. The van der Waals surface area contributed by atoms with Crippen LogP contribution in [0.25, 0.3) is 10.2 Å². The molecular weight excluding hydrogens is 446 g/mol. The molecule has 0 saturated carbocycles. The van der Waals surface area contributed by atoms with Gasteiger partial charge < -0.3 is 9.30 Å². The van der Waals surface area contributed by atoms with Crippen LogP contribution in [0, 0.1) is 19.8 Å². The van der Waals surface area contributed by atoms with Crippen molar-refractivity contribution < 1.29 is 17.9 Å². The molecule has 0 bridgehead atoms. The molecule has 3 aromatic rings. The molecule has 0 spiro atoms. The number of rotatable bonds is 4. The van der Waals surface area contributed by atoms with Crippen LogP contribution in [-0.2, 0) is 21.9 Å². The van der Waals surface area contributed by atoms with Gasteiger partial charge in [-0.1, -0.05) is 23.5 Å². The number of carbonyl (C=O) groups excluding carboxylic acids is 1. The standard InChI is InChI=1S/C23H27N3O4S2/c1-15-7-8-16(2)21-20(15)25(3)23(31-21)24-22(27)17-6-5-13-26(14-17)32(28,29)19-11-9-18(30-4)10-12-19/h7-12,17H,5-6,13-14H2,1-4H3. The van der Waals surface area contributed by atoms with E-state index in [1.54, 1.807) is 12.1 Å².